The summed E-state index contributed by atoms with van der Waals surface area (Å²) in [4.78, 5) is 27.6. The number of carbonyl (C=O) groups is 2. The number of hydrogen-bond acceptors (Lipinski definition) is 4. The van der Waals surface area contributed by atoms with E-state index >= 15 is 0 Å². The minimum absolute atomic E-state index is 0.106. The summed E-state index contributed by atoms with van der Waals surface area (Å²) in [5.41, 5.74) is -0.503. The summed E-state index contributed by atoms with van der Waals surface area (Å²) in [6.45, 7) is 7.53. The highest BCUT2D eigenvalue weighted by Crippen LogP contribution is 2.54. The molecule has 0 aromatic carbocycles. The van der Waals surface area contributed by atoms with Crippen LogP contribution in [0.2, 0.25) is 0 Å². The zero-order valence-electron chi connectivity index (χ0n) is 16.9. The molecule has 6 heteroatoms. The normalized spacial score (nSPS) is 44.6. The lowest BCUT2D eigenvalue weighted by atomic mass is 9.55. The minimum Gasteiger partial charge on any atom is -0.445 e. The van der Waals surface area contributed by atoms with E-state index < -0.39 is 5.60 Å². The Balaban J connectivity index is 1.25. The van der Waals surface area contributed by atoms with Crippen LogP contribution < -0.4 is 0 Å². The van der Waals surface area contributed by atoms with Crippen LogP contribution in [0, 0.1) is 23.7 Å². The highest BCUT2D eigenvalue weighted by atomic mass is 16.6. The van der Waals surface area contributed by atoms with Crippen LogP contribution in [-0.2, 0) is 9.47 Å². The van der Waals surface area contributed by atoms with Crippen molar-refractivity contribution in [2.45, 2.75) is 77.0 Å². The molecule has 2 saturated heterocycles. The van der Waals surface area contributed by atoms with Gasteiger partial charge in [0, 0.05) is 6.42 Å². The standard InChI is InChI=1S/C21H33N2O4/c1-21(2,3)27-20(25)23-5-4-17(11-23)22(12-23)19(24)26-18-15-7-13-6-14(9-15)10-16(18)8-13/h13-18H,4-12H2,1-3H3/q+1/t13?,14?,15?,16?,17-,18?,23?/m1/s1. The number of ether oxygens (including phenoxy) is 2. The lowest BCUT2D eigenvalue weighted by Gasteiger charge is -2.53. The van der Waals surface area contributed by atoms with Gasteiger partial charge in [0.1, 0.15) is 18.2 Å². The molecule has 2 amide bonds. The van der Waals surface area contributed by atoms with Gasteiger partial charge >= 0.3 is 12.2 Å². The number of carbonyl (C=O) groups excluding carboxylic acids is 2. The molecule has 0 radical (unpaired) electrons. The highest BCUT2D eigenvalue weighted by molar-refractivity contribution is 5.70. The van der Waals surface area contributed by atoms with Gasteiger partial charge in [0.15, 0.2) is 6.67 Å². The van der Waals surface area contributed by atoms with E-state index in [9.17, 15) is 9.59 Å². The number of rotatable bonds is 1. The van der Waals surface area contributed by atoms with Gasteiger partial charge in [-0.3, -0.25) is 4.90 Å². The molecule has 2 heterocycles. The maximum atomic E-state index is 13.0. The van der Waals surface area contributed by atoms with Crippen LogP contribution in [0.25, 0.3) is 0 Å². The predicted molar refractivity (Wildman–Crippen MR) is 98.7 cm³/mol. The Bertz CT molecular complexity index is 629. The molecule has 6 nitrogen and oxygen atoms in total. The molecule has 0 aromatic rings. The topological polar surface area (TPSA) is 55.8 Å². The van der Waals surface area contributed by atoms with Gasteiger partial charge in [-0.15, -0.1) is 0 Å². The Labute approximate surface area is 161 Å². The summed E-state index contributed by atoms with van der Waals surface area (Å²) in [6.07, 6.45) is 6.94. The van der Waals surface area contributed by atoms with Crippen molar-refractivity contribution in [2.24, 2.45) is 23.7 Å². The summed E-state index contributed by atoms with van der Waals surface area (Å²) < 4.78 is 12.0. The second kappa shape index (κ2) is 5.85. The van der Waals surface area contributed by atoms with Crippen LogP contribution in [0.5, 0.6) is 0 Å². The lowest BCUT2D eigenvalue weighted by molar-refractivity contribution is -0.843. The van der Waals surface area contributed by atoms with Gasteiger partial charge in [0.05, 0.1) is 12.6 Å². The number of fused-ring (bicyclic) bond motifs is 2. The summed E-state index contributed by atoms with van der Waals surface area (Å²) in [5.74, 6) is 2.88. The van der Waals surface area contributed by atoms with Gasteiger partial charge in [-0.2, -0.15) is 4.79 Å². The summed E-state index contributed by atoms with van der Waals surface area (Å²) in [5, 5.41) is 0. The van der Waals surface area contributed by atoms with Crippen molar-refractivity contribution in [1.29, 1.82) is 0 Å². The largest absolute Gasteiger partial charge is 0.518 e. The Morgan fingerprint density at radius 3 is 2.22 bits per heavy atom. The Kier molecular flexibility index (Phi) is 3.85. The molecule has 2 aliphatic heterocycles. The molecular weight excluding hydrogens is 344 g/mol. The first kappa shape index (κ1) is 17.8. The average molecular weight is 378 g/mol. The third kappa shape index (κ3) is 2.95. The summed E-state index contributed by atoms with van der Waals surface area (Å²) in [6, 6.07) is 0.113. The van der Waals surface area contributed by atoms with Crippen LogP contribution in [0.3, 0.4) is 0 Å². The quantitative estimate of drug-likeness (QED) is 0.653. The molecule has 27 heavy (non-hydrogen) atoms. The van der Waals surface area contributed by atoms with E-state index in [1.807, 2.05) is 25.7 Å². The smallest absolute Gasteiger partial charge is 0.445 e. The van der Waals surface area contributed by atoms with Crippen LogP contribution >= 0.6 is 0 Å². The molecule has 6 rings (SSSR count). The van der Waals surface area contributed by atoms with Gasteiger partial charge in [0.25, 0.3) is 0 Å². The van der Waals surface area contributed by atoms with Crippen molar-refractivity contribution in [3.8, 4) is 0 Å². The highest BCUT2D eigenvalue weighted by Gasteiger charge is 2.59. The van der Waals surface area contributed by atoms with Crippen molar-refractivity contribution in [1.82, 2.24) is 4.90 Å². The average Bonchev–Trinajstić information content (AvgIpc) is 3.16. The first-order valence-corrected chi connectivity index (χ1v) is 10.8. The van der Waals surface area contributed by atoms with E-state index in [-0.39, 0.29) is 28.8 Å². The van der Waals surface area contributed by atoms with E-state index in [1.54, 1.807) is 0 Å². The van der Waals surface area contributed by atoms with Crippen molar-refractivity contribution in [3.63, 3.8) is 0 Å². The molecule has 1 unspecified atom stereocenters. The fourth-order valence-corrected chi connectivity index (χ4v) is 6.81. The Morgan fingerprint density at radius 2 is 1.63 bits per heavy atom. The van der Waals surface area contributed by atoms with Crippen molar-refractivity contribution in [2.75, 3.05) is 19.8 Å². The Morgan fingerprint density at radius 1 is 1.00 bits per heavy atom. The molecular formula is C21H33N2O4+. The van der Waals surface area contributed by atoms with Crippen LogP contribution in [0.4, 0.5) is 9.59 Å². The van der Waals surface area contributed by atoms with E-state index in [4.69, 9.17) is 9.47 Å². The molecule has 150 valence electrons. The zero-order chi connectivity index (χ0) is 19.0. The lowest BCUT2D eigenvalue weighted by Crippen LogP contribution is -2.56. The molecule has 4 aliphatic carbocycles. The van der Waals surface area contributed by atoms with E-state index in [2.05, 4.69) is 0 Å². The van der Waals surface area contributed by atoms with Crippen molar-refractivity contribution < 1.29 is 23.5 Å². The van der Waals surface area contributed by atoms with E-state index in [0.717, 1.165) is 24.8 Å². The van der Waals surface area contributed by atoms with Crippen LogP contribution in [0.1, 0.15) is 59.3 Å². The fourth-order valence-electron chi connectivity index (χ4n) is 6.81. The van der Waals surface area contributed by atoms with Gasteiger partial charge in [-0.25, -0.2) is 9.28 Å². The summed E-state index contributed by atoms with van der Waals surface area (Å²) >= 11 is 0. The maximum absolute atomic E-state index is 13.0. The molecule has 2 atom stereocenters. The second-order valence-corrected chi connectivity index (χ2v) is 10.9. The third-order valence-electron chi connectivity index (χ3n) is 7.71. The monoisotopic (exact) mass is 377 g/mol. The molecule has 6 fully saturated rings. The van der Waals surface area contributed by atoms with Gasteiger partial charge < -0.3 is 9.47 Å². The predicted octanol–water partition coefficient (Wildman–Crippen LogP) is 3.75. The zero-order valence-corrected chi connectivity index (χ0v) is 16.9. The molecule has 6 bridgehead atoms. The number of amides is 2. The van der Waals surface area contributed by atoms with E-state index in [1.165, 1.54) is 32.1 Å². The molecule has 4 saturated carbocycles. The second-order valence-electron chi connectivity index (χ2n) is 10.9. The first-order chi connectivity index (χ1) is 12.7. The van der Waals surface area contributed by atoms with E-state index in [0.29, 0.717) is 25.0 Å². The minimum atomic E-state index is -0.503. The van der Waals surface area contributed by atoms with Crippen LogP contribution in [-0.4, -0.2) is 59.1 Å². The Hall–Kier alpha value is -1.30. The van der Waals surface area contributed by atoms with Crippen molar-refractivity contribution >= 4 is 12.2 Å². The molecule has 0 N–H and O–H groups in total. The number of nitrogens with zero attached hydrogens (tertiary/aromatic N) is 2. The number of quaternary nitrogens is 1. The van der Waals surface area contributed by atoms with Gasteiger partial charge in [0.2, 0.25) is 0 Å². The fraction of sp³-hybridized carbons (Fsp3) is 0.905. The summed E-state index contributed by atoms with van der Waals surface area (Å²) in [7, 11) is 0. The van der Waals surface area contributed by atoms with Gasteiger partial charge in [-0.05, 0) is 76.5 Å². The SMILES string of the molecule is CC(C)(C)OC(=O)[N+]12CC[C@H](C1)N(C(=O)OC1C3CC4CC(C3)CC1C4)C2. The molecule has 6 aliphatic rings. The molecule has 0 spiro atoms. The third-order valence-corrected chi connectivity index (χ3v) is 7.71. The van der Waals surface area contributed by atoms with Crippen LogP contribution in [0.15, 0.2) is 0 Å². The van der Waals surface area contributed by atoms with Gasteiger partial charge in [-0.1, -0.05) is 0 Å². The molecule has 0 aromatic heterocycles. The maximum Gasteiger partial charge on any atom is 0.518 e. The number of hydrogen-bond donors (Lipinski definition) is 0. The first-order valence-electron chi connectivity index (χ1n) is 10.8. The van der Waals surface area contributed by atoms with Crippen molar-refractivity contribution in [3.05, 3.63) is 0 Å².